The Hall–Kier alpha value is -0.370. The molecule has 0 rings (SSSR count). The molecule has 48 valence electrons. The molecule has 0 heterocycles. The Balaban J connectivity index is 3.53. The summed E-state index contributed by atoms with van der Waals surface area (Å²) in [6, 6.07) is 0. The van der Waals surface area contributed by atoms with Crippen LogP contribution in [0.2, 0.25) is 0 Å². The molecule has 0 aromatic heterocycles. The van der Waals surface area contributed by atoms with Crippen molar-refractivity contribution < 1.29 is 0 Å². The predicted octanol–water partition coefficient (Wildman–Crippen LogP) is 1.15. The minimum Gasteiger partial charge on any atom is -0.325 e. The molecule has 0 unspecified atom stereocenters. The van der Waals surface area contributed by atoms with Crippen LogP contribution in [0, 0.1) is 5.41 Å². The lowest BCUT2D eigenvalue weighted by Gasteiger charge is -2.18. The Labute approximate surface area is 50.6 Å². The molecule has 0 aliphatic carbocycles. The van der Waals surface area contributed by atoms with Crippen LogP contribution in [0.1, 0.15) is 26.7 Å². The molecule has 2 heteroatoms. The van der Waals surface area contributed by atoms with Crippen molar-refractivity contribution >= 4 is 6.21 Å². The molecule has 3 N–H and O–H groups in total. The third kappa shape index (κ3) is 2.75. The average Bonchev–Trinajstić information content (AvgIpc) is 1.67. The van der Waals surface area contributed by atoms with Gasteiger partial charge in [-0.15, -0.1) is 0 Å². The third-order valence-electron chi connectivity index (χ3n) is 1.38. The molecule has 0 aliphatic rings. The van der Waals surface area contributed by atoms with Crippen molar-refractivity contribution in [2.24, 2.45) is 5.73 Å². The Morgan fingerprint density at radius 2 is 2.25 bits per heavy atom. The van der Waals surface area contributed by atoms with Gasteiger partial charge in [-0.2, -0.15) is 0 Å². The zero-order valence-electron chi connectivity index (χ0n) is 5.57. The average molecular weight is 114 g/mol. The van der Waals surface area contributed by atoms with Crippen LogP contribution in [-0.2, 0) is 0 Å². The molecule has 0 saturated carbocycles. The van der Waals surface area contributed by atoms with Crippen molar-refractivity contribution in [3.05, 3.63) is 0 Å². The summed E-state index contributed by atoms with van der Waals surface area (Å²) < 4.78 is 0. The second-order valence-electron chi connectivity index (χ2n) is 2.42. The van der Waals surface area contributed by atoms with Crippen molar-refractivity contribution in [1.29, 1.82) is 5.41 Å². The van der Waals surface area contributed by atoms with Crippen LogP contribution in [0.15, 0.2) is 0 Å². The topological polar surface area (TPSA) is 49.9 Å². The van der Waals surface area contributed by atoms with Gasteiger partial charge in [0.25, 0.3) is 0 Å². The molecule has 2 nitrogen and oxygen atoms in total. The highest BCUT2D eigenvalue weighted by molar-refractivity contribution is 5.54. The van der Waals surface area contributed by atoms with Crippen LogP contribution < -0.4 is 5.73 Å². The smallest absolute Gasteiger partial charge is 0.0172 e. The third-order valence-corrected chi connectivity index (χ3v) is 1.38. The van der Waals surface area contributed by atoms with E-state index in [2.05, 4.69) is 0 Å². The van der Waals surface area contributed by atoms with Crippen LogP contribution in [0.4, 0.5) is 0 Å². The van der Waals surface area contributed by atoms with Crippen LogP contribution in [0.5, 0.6) is 0 Å². The highest BCUT2D eigenvalue weighted by Gasteiger charge is 2.12. The summed E-state index contributed by atoms with van der Waals surface area (Å²) in [5, 5.41) is 6.76. The summed E-state index contributed by atoms with van der Waals surface area (Å²) in [5.74, 6) is 0. The van der Waals surface area contributed by atoms with Crippen molar-refractivity contribution in [2.75, 3.05) is 0 Å². The molecule has 0 aromatic carbocycles. The predicted molar refractivity (Wildman–Crippen MR) is 36.3 cm³/mol. The first-order valence-electron chi connectivity index (χ1n) is 2.90. The Morgan fingerprint density at radius 1 is 1.75 bits per heavy atom. The molecule has 0 spiro atoms. The molecule has 0 amide bonds. The summed E-state index contributed by atoms with van der Waals surface area (Å²) in [5.41, 5.74) is 5.52. The maximum atomic E-state index is 6.76. The number of nitrogens with one attached hydrogen (secondary N) is 1. The minimum atomic E-state index is -0.151. The fraction of sp³-hybridized carbons (Fsp3) is 0.833. The summed E-state index contributed by atoms with van der Waals surface area (Å²) in [6.07, 6.45) is 2.98. The molecule has 0 saturated heterocycles. The van der Waals surface area contributed by atoms with Crippen molar-refractivity contribution in [2.45, 2.75) is 32.2 Å². The summed E-state index contributed by atoms with van der Waals surface area (Å²) >= 11 is 0. The van der Waals surface area contributed by atoms with Crippen LogP contribution in [0.25, 0.3) is 0 Å². The van der Waals surface area contributed by atoms with Crippen molar-refractivity contribution in [3.8, 4) is 0 Å². The summed E-state index contributed by atoms with van der Waals surface area (Å²) in [7, 11) is 0. The van der Waals surface area contributed by atoms with Gasteiger partial charge in [-0.25, -0.2) is 0 Å². The van der Waals surface area contributed by atoms with Crippen LogP contribution in [-0.4, -0.2) is 11.8 Å². The Morgan fingerprint density at radius 3 is 2.38 bits per heavy atom. The fourth-order valence-corrected chi connectivity index (χ4v) is 0.377. The second kappa shape index (κ2) is 2.82. The first kappa shape index (κ1) is 7.63. The normalized spacial score (nSPS) is 17.4. The maximum absolute atomic E-state index is 6.76. The minimum absolute atomic E-state index is 0.151. The van der Waals surface area contributed by atoms with E-state index in [-0.39, 0.29) is 5.54 Å². The van der Waals surface area contributed by atoms with E-state index in [1.54, 1.807) is 0 Å². The molecule has 0 radical (unpaired) electrons. The molecule has 0 fully saturated rings. The van der Waals surface area contributed by atoms with E-state index in [0.717, 1.165) is 6.42 Å². The van der Waals surface area contributed by atoms with Gasteiger partial charge in [0.2, 0.25) is 0 Å². The van der Waals surface area contributed by atoms with E-state index in [9.17, 15) is 0 Å². The van der Waals surface area contributed by atoms with Gasteiger partial charge >= 0.3 is 0 Å². The van der Waals surface area contributed by atoms with Gasteiger partial charge < -0.3 is 11.1 Å². The van der Waals surface area contributed by atoms with Crippen LogP contribution in [0.3, 0.4) is 0 Å². The number of rotatable bonds is 3. The van der Waals surface area contributed by atoms with Gasteiger partial charge in [0.15, 0.2) is 0 Å². The van der Waals surface area contributed by atoms with E-state index in [1.807, 2.05) is 13.8 Å². The first-order chi connectivity index (χ1) is 3.62. The molecular formula is C6H14N2. The Kier molecular flexibility index (Phi) is 2.69. The standard InChI is InChI=1S/C6H14N2/c1-3-6(2,8)4-5-7/h5,7H,3-4,8H2,1-2H3/t6-/m0/s1. The number of hydrogen-bond acceptors (Lipinski definition) is 2. The van der Waals surface area contributed by atoms with Gasteiger partial charge in [0.05, 0.1) is 0 Å². The zero-order valence-corrected chi connectivity index (χ0v) is 5.57. The molecule has 0 aliphatic heterocycles. The molecule has 8 heavy (non-hydrogen) atoms. The van der Waals surface area contributed by atoms with Gasteiger partial charge in [-0.05, 0) is 26.0 Å². The lowest BCUT2D eigenvalue weighted by Crippen LogP contribution is -2.35. The van der Waals surface area contributed by atoms with E-state index in [4.69, 9.17) is 11.1 Å². The van der Waals surface area contributed by atoms with Gasteiger partial charge in [-0.3, -0.25) is 0 Å². The fourth-order valence-electron chi connectivity index (χ4n) is 0.377. The summed E-state index contributed by atoms with van der Waals surface area (Å²) in [4.78, 5) is 0. The number of nitrogens with two attached hydrogens (primary N) is 1. The van der Waals surface area contributed by atoms with E-state index >= 15 is 0 Å². The quantitative estimate of drug-likeness (QED) is 0.531. The number of hydrogen-bond donors (Lipinski definition) is 2. The van der Waals surface area contributed by atoms with E-state index < -0.39 is 0 Å². The molecule has 1 atom stereocenters. The van der Waals surface area contributed by atoms with Gasteiger partial charge in [0, 0.05) is 5.54 Å². The SMILES string of the molecule is CC[C@](C)(N)CC=N. The first-order valence-corrected chi connectivity index (χ1v) is 2.90. The highest BCUT2D eigenvalue weighted by atomic mass is 14.7. The van der Waals surface area contributed by atoms with Crippen molar-refractivity contribution in [1.82, 2.24) is 0 Å². The Bertz CT molecular complexity index is 76.6. The monoisotopic (exact) mass is 114 g/mol. The lowest BCUT2D eigenvalue weighted by atomic mass is 9.97. The van der Waals surface area contributed by atoms with E-state index in [1.165, 1.54) is 6.21 Å². The van der Waals surface area contributed by atoms with Crippen molar-refractivity contribution in [3.63, 3.8) is 0 Å². The second-order valence-corrected chi connectivity index (χ2v) is 2.42. The van der Waals surface area contributed by atoms with E-state index in [0.29, 0.717) is 6.42 Å². The van der Waals surface area contributed by atoms with Crippen LogP contribution >= 0.6 is 0 Å². The maximum Gasteiger partial charge on any atom is 0.0172 e. The molecular weight excluding hydrogens is 100 g/mol. The zero-order chi connectivity index (χ0) is 6.62. The molecule has 0 aromatic rings. The van der Waals surface area contributed by atoms with Gasteiger partial charge in [0.1, 0.15) is 0 Å². The molecule has 0 bridgehead atoms. The van der Waals surface area contributed by atoms with Gasteiger partial charge in [-0.1, -0.05) is 6.92 Å². The largest absolute Gasteiger partial charge is 0.325 e. The summed E-state index contributed by atoms with van der Waals surface area (Å²) in [6.45, 7) is 3.99. The highest BCUT2D eigenvalue weighted by Crippen LogP contribution is 2.06. The lowest BCUT2D eigenvalue weighted by molar-refractivity contribution is 0.473.